The van der Waals surface area contributed by atoms with Crippen LogP contribution in [0, 0.1) is 0 Å². The Morgan fingerprint density at radius 1 is 1.56 bits per heavy atom. The van der Waals surface area contributed by atoms with Gasteiger partial charge in [-0.15, -0.1) is 0 Å². The Kier molecular flexibility index (Phi) is 5.77. The van der Waals surface area contributed by atoms with E-state index in [0.717, 1.165) is 45.3 Å². The molecule has 2 N–H and O–H groups in total. The molecule has 1 unspecified atom stereocenters. The Balaban J connectivity index is 2.26. The SMILES string of the molecule is CCCCN(C)C(=O)CN1CCCC(N)C1. The van der Waals surface area contributed by atoms with Crippen LogP contribution in [0.3, 0.4) is 0 Å². The average Bonchev–Trinajstić information content (AvgIpc) is 2.25. The van der Waals surface area contributed by atoms with Crippen molar-refractivity contribution in [2.45, 2.75) is 38.6 Å². The second kappa shape index (κ2) is 6.86. The largest absolute Gasteiger partial charge is 0.345 e. The van der Waals surface area contributed by atoms with Crippen molar-refractivity contribution in [3.05, 3.63) is 0 Å². The van der Waals surface area contributed by atoms with Gasteiger partial charge in [0.1, 0.15) is 0 Å². The smallest absolute Gasteiger partial charge is 0.236 e. The van der Waals surface area contributed by atoms with E-state index in [4.69, 9.17) is 5.73 Å². The summed E-state index contributed by atoms with van der Waals surface area (Å²) in [5.41, 5.74) is 5.89. The summed E-state index contributed by atoms with van der Waals surface area (Å²) in [5, 5.41) is 0. The third-order valence-corrected chi connectivity index (χ3v) is 3.17. The van der Waals surface area contributed by atoms with E-state index in [-0.39, 0.29) is 11.9 Å². The van der Waals surface area contributed by atoms with Crippen molar-refractivity contribution in [3.63, 3.8) is 0 Å². The molecule has 0 saturated carbocycles. The van der Waals surface area contributed by atoms with Gasteiger partial charge >= 0.3 is 0 Å². The molecule has 0 radical (unpaired) electrons. The van der Waals surface area contributed by atoms with Crippen LogP contribution >= 0.6 is 0 Å². The van der Waals surface area contributed by atoms with Gasteiger partial charge in [-0.1, -0.05) is 13.3 Å². The molecule has 1 aliphatic rings. The van der Waals surface area contributed by atoms with Gasteiger partial charge < -0.3 is 10.6 Å². The quantitative estimate of drug-likeness (QED) is 0.751. The number of likely N-dealkylation sites (tertiary alicyclic amines) is 1. The molecule has 1 amide bonds. The zero-order chi connectivity index (χ0) is 12.0. The van der Waals surface area contributed by atoms with E-state index in [9.17, 15) is 4.79 Å². The number of carbonyl (C=O) groups excluding carboxylic acids is 1. The highest BCUT2D eigenvalue weighted by Gasteiger charge is 2.20. The van der Waals surface area contributed by atoms with E-state index in [2.05, 4.69) is 11.8 Å². The molecular weight excluding hydrogens is 202 g/mol. The molecule has 4 heteroatoms. The number of hydrogen-bond donors (Lipinski definition) is 1. The summed E-state index contributed by atoms with van der Waals surface area (Å²) >= 11 is 0. The van der Waals surface area contributed by atoms with Gasteiger partial charge in [0, 0.05) is 26.2 Å². The summed E-state index contributed by atoms with van der Waals surface area (Å²) in [4.78, 5) is 15.9. The van der Waals surface area contributed by atoms with Gasteiger partial charge in [-0.05, 0) is 25.8 Å². The molecular formula is C12H25N3O. The average molecular weight is 227 g/mol. The number of likely N-dealkylation sites (N-methyl/N-ethyl adjacent to an activating group) is 1. The van der Waals surface area contributed by atoms with Crippen LogP contribution in [0.2, 0.25) is 0 Å². The molecule has 1 fully saturated rings. The van der Waals surface area contributed by atoms with Crippen molar-refractivity contribution in [2.24, 2.45) is 5.73 Å². The summed E-state index contributed by atoms with van der Waals surface area (Å²) in [6, 6.07) is 0.252. The van der Waals surface area contributed by atoms with E-state index in [1.54, 1.807) is 0 Å². The van der Waals surface area contributed by atoms with Crippen molar-refractivity contribution in [1.29, 1.82) is 0 Å². The molecule has 0 aromatic rings. The fourth-order valence-corrected chi connectivity index (χ4v) is 2.07. The maximum absolute atomic E-state index is 11.9. The van der Waals surface area contributed by atoms with Gasteiger partial charge in [0.2, 0.25) is 5.91 Å². The van der Waals surface area contributed by atoms with Crippen molar-refractivity contribution >= 4 is 5.91 Å². The minimum Gasteiger partial charge on any atom is -0.345 e. The van der Waals surface area contributed by atoms with Crippen molar-refractivity contribution in [3.8, 4) is 0 Å². The summed E-state index contributed by atoms with van der Waals surface area (Å²) in [6.45, 7) is 5.43. The summed E-state index contributed by atoms with van der Waals surface area (Å²) in [7, 11) is 1.89. The first-order valence-corrected chi connectivity index (χ1v) is 6.35. The first kappa shape index (κ1) is 13.5. The third kappa shape index (κ3) is 4.49. The van der Waals surface area contributed by atoms with Gasteiger partial charge in [0.15, 0.2) is 0 Å². The Hall–Kier alpha value is -0.610. The number of unbranched alkanes of at least 4 members (excludes halogenated alkanes) is 1. The fourth-order valence-electron chi connectivity index (χ4n) is 2.07. The molecule has 0 aromatic carbocycles. The van der Waals surface area contributed by atoms with E-state index >= 15 is 0 Å². The molecule has 1 atom stereocenters. The minimum atomic E-state index is 0.225. The second-order valence-electron chi connectivity index (χ2n) is 4.81. The van der Waals surface area contributed by atoms with Crippen LogP contribution in [0.1, 0.15) is 32.6 Å². The Labute approximate surface area is 98.8 Å². The highest BCUT2D eigenvalue weighted by molar-refractivity contribution is 5.77. The number of piperidine rings is 1. The van der Waals surface area contributed by atoms with Crippen molar-refractivity contribution in [2.75, 3.05) is 33.2 Å². The van der Waals surface area contributed by atoms with E-state index in [1.807, 2.05) is 11.9 Å². The van der Waals surface area contributed by atoms with Crippen LogP contribution in [0.5, 0.6) is 0 Å². The third-order valence-electron chi connectivity index (χ3n) is 3.17. The number of nitrogens with zero attached hydrogens (tertiary/aromatic N) is 2. The predicted octanol–water partition coefficient (Wildman–Crippen LogP) is 0.668. The highest BCUT2D eigenvalue weighted by Crippen LogP contribution is 2.08. The Morgan fingerprint density at radius 2 is 2.31 bits per heavy atom. The first-order valence-electron chi connectivity index (χ1n) is 6.35. The normalized spacial score (nSPS) is 22.1. The van der Waals surface area contributed by atoms with Crippen LogP contribution in [-0.4, -0.2) is 55.0 Å². The lowest BCUT2D eigenvalue weighted by molar-refractivity contribution is -0.131. The van der Waals surface area contributed by atoms with Gasteiger partial charge in [-0.2, -0.15) is 0 Å². The molecule has 1 heterocycles. The van der Waals surface area contributed by atoms with Crippen molar-refractivity contribution in [1.82, 2.24) is 9.80 Å². The lowest BCUT2D eigenvalue weighted by Crippen LogP contribution is -2.47. The maximum atomic E-state index is 11.9. The molecule has 94 valence electrons. The molecule has 0 bridgehead atoms. The van der Waals surface area contributed by atoms with E-state index in [0.29, 0.717) is 6.54 Å². The van der Waals surface area contributed by atoms with Crippen LogP contribution in [0.25, 0.3) is 0 Å². The molecule has 0 aromatic heterocycles. The second-order valence-corrected chi connectivity index (χ2v) is 4.81. The zero-order valence-electron chi connectivity index (χ0n) is 10.6. The molecule has 4 nitrogen and oxygen atoms in total. The minimum absolute atomic E-state index is 0.225. The molecule has 0 spiro atoms. The highest BCUT2D eigenvalue weighted by atomic mass is 16.2. The maximum Gasteiger partial charge on any atom is 0.236 e. The zero-order valence-corrected chi connectivity index (χ0v) is 10.6. The predicted molar refractivity (Wildman–Crippen MR) is 66.2 cm³/mol. The number of carbonyl (C=O) groups is 1. The topological polar surface area (TPSA) is 49.6 Å². The summed E-state index contributed by atoms with van der Waals surface area (Å²) in [6.07, 6.45) is 4.43. The van der Waals surface area contributed by atoms with Crippen LogP contribution < -0.4 is 5.73 Å². The van der Waals surface area contributed by atoms with Gasteiger partial charge in [0.25, 0.3) is 0 Å². The summed E-state index contributed by atoms with van der Waals surface area (Å²) in [5.74, 6) is 0.225. The first-order chi connectivity index (χ1) is 7.63. The van der Waals surface area contributed by atoms with Gasteiger partial charge in [0.05, 0.1) is 6.54 Å². The van der Waals surface area contributed by atoms with Gasteiger partial charge in [-0.25, -0.2) is 0 Å². The lowest BCUT2D eigenvalue weighted by Gasteiger charge is -2.31. The molecule has 0 aliphatic carbocycles. The molecule has 1 saturated heterocycles. The van der Waals surface area contributed by atoms with Gasteiger partial charge in [-0.3, -0.25) is 9.69 Å². The van der Waals surface area contributed by atoms with E-state index < -0.39 is 0 Å². The lowest BCUT2D eigenvalue weighted by atomic mass is 10.1. The molecule has 1 rings (SSSR count). The Morgan fingerprint density at radius 3 is 2.94 bits per heavy atom. The van der Waals surface area contributed by atoms with Crippen LogP contribution in [-0.2, 0) is 4.79 Å². The number of rotatable bonds is 5. The van der Waals surface area contributed by atoms with Crippen LogP contribution in [0.15, 0.2) is 0 Å². The van der Waals surface area contributed by atoms with E-state index in [1.165, 1.54) is 0 Å². The molecule has 16 heavy (non-hydrogen) atoms. The summed E-state index contributed by atoms with van der Waals surface area (Å²) < 4.78 is 0. The van der Waals surface area contributed by atoms with Crippen LogP contribution in [0.4, 0.5) is 0 Å². The number of nitrogens with two attached hydrogens (primary N) is 1. The standard InChI is InChI=1S/C12H25N3O/c1-3-4-7-14(2)12(16)10-15-8-5-6-11(13)9-15/h11H,3-10,13H2,1-2H3. The number of amides is 1. The number of hydrogen-bond acceptors (Lipinski definition) is 3. The fraction of sp³-hybridized carbons (Fsp3) is 0.917. The monoisotopic (exact) mass is 227 g/mol. The molecule has 1 aliphatic heterocycles. The van der Waals surface area contributed by atoms with Crippen molar-refractivity contribution < 1.29 is 4.79 Å². The Bertz CT molecular complexity index is 220.